The Morgan fingerprint density at radius 2 is 1.80 bits per heavy atom. The molecule has 0 unspecified atom stereocenters. The molecule has 2 fully saturated rings. The van der Waals surface area contributed by atoms with E-state index in [0.29, 0.717) is 12.1 Å². The van der Waals surface area contributed by atoms with E-state index < -0.39 is 29.9 Å². The zero-order valence-electron chi connectivity index (χ0n) is 15.6. The summed E-state index contributed by atoms with van der Waals surface area (Å²) in [5.41, 5.74) is -0.718. The second-order valence-electron chi connectivity index (χ2n) is 7.80. The normalized spacial score (nSPS) is 27.2. The van der Waals surface area contributed by atoms with Crippen LogP contribution in [0.25, 0.3) is 0 Å². The predicted octanol–water partition coefficient (Wildman–Crippen LogP) is 1.22. The maximum Gasteiger partial charge on any atom is 0.494 e. The van der Waals surface area contributed by atoms with E-state index in [2.05, 4.69) is 0 Å². The van der Waals surface area contributed by atoms with Gasteiger partial charge in [0.1, 0.15) is 0 Å². The van der Waals surface area contributed by atoms with E-state index in [0.717, 1.165) is 5.46 Å². The number of rotatable bonds is 3. The van der Waals surface area contributed by atoms with Gasteiger partial charge in [-0.25, -0.2) is 0 Å². The first-order valence-corrected chi connectivity index (χ1v) is 8.40. The molecule has 0 N–H and O–H groups in total. The van der Waals surface area contributed by atoms with Crippen molar-refractivity contribution in [2.24, 2.45) is 0 Å². The number of likely N-dealkylation sites (N-methyl/N-ethyl adjacent to an activating group) is 1. The Hall–Kier alpha value is -1.86. The van der Waals surface area contributed by atoms with E-state index in [1.807, 2.05) is 45.9 Å². The van der Waals surface area contributed by atoms with Crippen molar-refractivity contribution in [3.05, 3.63) is 29.8 Å². The lowest BCUT2D eigenvalue weighted by atomic mass is 9.75. The first-order valence-electron chi connectivity index (χ1n) is 8.40. The lowest BCUT2D eigenvalue weighted by molar-refractivity contribution is -0.193. The number of ether oxygens (including phenoxy) is 1. The molecule has 0 spiro atoms. The molecular weight excluding hydrogens is 321 g/mol. The average Bonchev–Trinajstić information content (AvgIpc) is 2.74. The molecule has 0 saturated carbocycles. The molecule has 1 amide bonds. The number of hydrogen-bond acceptors (Lipinski definition) is 5. The third-order valence-electron chi connectivity index (χ3n) is 5.35. The third-order valence-corrected chi connectivity index (χ3v) is 5.35. The average molecular weight is 345 g/mol. The molecule has 3 rings (SSSR count). The highest BCUT2D eigenvalue weighted by atomic mass is 16.7. The fraction of sp³-hybridized carbons (Fsp3) is 0.556. The monoisotopic (exact) mass is 345 g/mol. The van der Waals surface area contributed by atoms with E-state index >= 15 is 0 Å². The topological polar surface area (TPSA) is 65.1 Å². The first kappa shape index (κ1) is 18.0. The number of nitrogens with zero attached hydrogens (tertiary/aromatic N) is 1. The second kappa shape index (κ2) is 5.57. The summed E-state index contributed by atoms with van der Waals surface area (Å²) in [7, 11) is 1.15. The molecule has 2 saturated heterocycles. The standard InChI is InChI=1S/C18H24BNO5/c1-12(21)23-18(11-20(6)15(18)22)13-8-7-9-14(10-13)19-24-16(2,3)17(4,5)25-19/h7-10H,11H2,1-6H3/t18-/m0/s1. The summed E-state index contributed by atoms with van der Waals surface area (Å²) in [5.74, 6) is -0.712. The largest absolute Gasteiger partial charge is 0.494 e. The van der Waals surface area contributed by atoms with Gasteiger partial charge in [0.2, 0.25) is 5.60 Å². The number of likely N-dealkylation sites (tertiary alicyclic amines) is 1. The molecule has 2 heterocycles. The molecule has 2 aliphatic heterocycles. The second-order valence-corrected chi connectivity index (χ2v) is 7.80. The van der Waals surface area contributed by atoms with Crippen molar-refractivity contribution < 1.29 is 23.6 Å². The van der Waals surface area contributed by atoms with Gasteiger partial charge in [-0.2, -0.15) is 0 Å². The number of hydrogen-bond donors (Lipinski definition) is 0. The number of carbonyl (C=O) groups is 2. The SMILES string of the molecule is CC(=O)O[C@]1(c2cccc(B3OC(C)(C)C(C)(C)O3)c2)CN(C)C1=O. The van der Waals surface area contributed by atoms with Crippen molar-refractivity contribution >= 4 is 24.5 Å². The van der Waals surface area contributed by atoms with Crippen LogP contribution in [0, 0.1) is 0 Å². The van der Waals surface area contributed by atoms with E-state index in [1.165, 1.54) is 11.8 Å². The van der Waals surface area contributed by atoms with E-state index in [1.54, 1.807) is 13.1 Å². The summed E-state index contributed by atoms with van der Waals surface area (Å²) in [4.78, 5) is 25.5. The zero-order valence-corrected chi connectivity index (χ0v) is 15.6. The van der Waals surface area contributed by atoms with Crippen molar-refractivity contribution in [1.82, 2.24) is 4.90 Å². The van der Waals surface area contributed by atoms with Crippen molar-refractivity contribution in [2.75, 3.05) is 13.6 Å². The number of β-lactam (4-membered cyclic amide) rings is 1. The van der Waals surface area contributed by atoms with Gasteiger partial charge in [-0.3, -0.25) is 9.59 Å². The summed E-state index contributed by atoms with van der Waals surface area (Å²) < 4.78 is 17.6. The minimum atomic E-state index is -1.25. The molecular formula is C18H24BNO5. The van der Waals surface area contributed by atoms with E-state index in [9.17, 15) is 9.59 Å². The Kier molecular flexibility index (Phi) is 4.00. The third kappa shape index (κ3) is 2.75. The minimum Gasteiger partial charge on any atom is -0.442 e. The molecule has 25 heavy (non-hydrogen) atoms. The predicted molar refractivity (Wildman–Crippen MR) is 93.2 cm³/mol. The smallest absolute Gasteiger partial charge is 0.442 e. The molecule has 0 bridgehead atoms. The molecule has 2 aliphatic rings. The Balaban J connectivity index is 1.94. The molecule has 1 aromatic carbocycles. The van der Waals surface area contributed by atoms with Gasteiger partial charge in [0.05, 0.1) is 17.7 Å². The van der Waals surface area contributed by atoms with Crippen LogP contribution in [0.4, 0.5) is 0 Å². The highest BCUT2D eigenvalue weighted by Crippen LogP contribution is 2.38. The van der Waals surface area contributed by atoms with Crippen LogP contribution in [0.5, 0.6) is 0 Å². The fourth-order valence-electron chi connectivity index (χ4n) is 3.20. The number of benzene rings is 1. The maximum absolute atomic E-state index is 12.4. The van der Waals surface area contributed by atoms with Gasteiger partial charge in [-0.1, -0.05) is 24.3 Å². The maximum atomic E-state index is 12.4. The number of amides is 1. The quantitative estimate of drug-likeness (QED) is 0.468. The summed E-state index contributed by atoms with van der Waals surface area (Å²) in [6, 6.07) is 7.34. The van der Waals surface area contributed by atoms with Crippen molar-refractivity contribution in [1.29, 1.82) is 0 Å². The van der Waals surface area contributed by atoms with Gasteiger partial charge in [0.15, 0.2) is 0 Å². The van der Waals surface area contributed by atoms with Crippen LogP contribution >= 0.6 is 0 Å². The molecule has 0 aliphatic carbocycles. The van der Waals surface area contributed by atoms with Crippen molar-refractivity contribution in [3.8, 4) is 0 Å². The zero-order chi connectivity index (χ0) is 18.6. The lowest BCUT2D eigenvalue weighted by Crippen LogP contribution is -2.64. The van der Waals surface area contributed by atoms with Gasteiger partial charge in [0, 0.05) is 19.5 Å². The van der Waals surface area contributed by atoms with Crippen LogP contribution in [0.15, 0.2) is 24.3 Å². The highest BCUT2D eigenvalue weighted by molar-refractivity contribution is 6.62. The van der Waals surface area contributed by atoms with E-state index in [-0.39, 0.29) is 5.91 Å². The van der Waals surface area contributed by atoms with Crippen LogP contribution in [0.3, 0.4) is 0 Å². The van der Waals surface area contributed by atoms with Crippen molar-refractivity contribution in [2.45, 2.75) is 51.4 Å². The summed E-state index contributed by atoms with van der Waals surface area (Å²) >= 11 is 0. The van der Waals surface area contributed by atoms with Crippen LogP contribution in [-0.4, -0.2) is 48.7 Å². The van der Waals surface area contributed by atoms with Gasteiger partial charge in [-0.15, -0.1) is 0 Å². The van der Waals surface area contributed by atoms with Crippen LogP contribution in [0.1, 0.15) is 40.2 Å². The molecule has 0 radical (unpaired) electrons. The molecule has 1 atom stereocenters. The van der Waals surface area contributed by atoms with Crippen molar-refractivity contribution in [3.63, 3.8) is 0 Å². The Morgan fingerprint density at radius 1 is 1.20 bits per heavy atom. The molecule has 0 aromatic heterocycles. The summed E-state index contributed by atoms with van der Waals surface area (Å²) in [5, 5.41) is 0. The number of carbonyl (C=O) groups excluding carboxylic acids is 2. The van der Waals surface area contributed by atoms with E-state index in [4.69, 9.17) is 14.0 Å². The lowest BCUT2D eigenvalue weighted by Gasteiger charge is -2.46. The van der Waals surface area contributed by atoms with Crippen LogP contribution in [-0.2, 0) is 29.2 Å². The summed E-state index contributed by atoms with van der Waals surface area (Å²) in [6.07, 6.45) is 0. The molecule has 1 aromatic rings. The first-order chi connectivity index (χ1) is 11.5. The van der Waals surface area contributed by atoms with Gasteiger partial charge in [-0.05, 0) is 33.2 Å². The summed E-state index contributed by atoms with van der Waals surface area (Å²) in [6.45, 7) is 9.59. The van der Waals surface area contributed by atoms with Gasteiger partial charge < -0.3 is 18.9 Å². The van der Waals surface area contributed by atoms with Gasteiger partial charge >= 0.3 is 13.1 Å². The van der Waals surface area contributed by atoms with Crippen LogP contribution < -0.4 is 5.46 Å². The number of esters is 1. The van der Waals surface area contributed by atoms with Gasteiger partial charge in [0.25, 0.3) is 5.91 Å². The Morgan fingerprint density at radius 3 is 2.28 bits per heavy atom. The Labute approximate surface area is 148 Å². The Bertz CT molecular complexity index is 716. The minimum absolute atomic E-state index is 0.228. The molecule has 7 heteroatoms. The molecule has 134 valence electrons. The highest BCUT2D eigenvalue weighted by Gasteiger charge is 2.56. The van der Waals surface area contributed by atoms with Crippen LogP contribution in [0.2, 0.25) is 0 Å². The molecule has 6 nitrogen and oxygen atoms in total. The fourth-order valence-corrected chi connectivity index (χ4v) is 3.20.